The smallest absolute Gasteiger partial charge is 0.258 e. The van der Waals surface area contributed by atoms with Crippen LogP contribution >= 0.6 is 15.9 Å². The average molecular weight is 348 g/mol. The molecule has 0 aliphatic heterocycles. The molecule has 0 bridgehead atoms. The van der Waals surface area contributed by atoms with Crippen LogP contribution in [-0.4, -0.2) is 5.91 Å². The second kappa shape index (κ2) is 5.62. The molecule has 1 N–H and O–H groups in total. The number of anilines is 1. The summed E-state index contributed by atoms with van der Waals surface area (Å²) in [6.07, 6.45) is 0. The summed E-state index contributed by atoms with van der Waals surface area (Å²) in [5.41, 5.74) is -1.24. The Morgan fingerprint density at radius 3 is 2.25 bits per heavy atom. The van der Waals surface area contributed by atoms with Crippen molar-refractivity contribution in [1.82, 2.24) is 0 Å². The number of halogens is 5. The van der Waals surface area contributed by atoms with Gasteiger partial charge in [0.15, 0.2) is 11.6 Å². The Hall–Kier alpha value is -1.89. The minimum absolute atomic E-state index is 0.0326. The zero-order chi connectivity index (χ0) is 14.9. The second-order valence-corrected chi connectivity index (χ2v) is 4.65. The van der Waals surface area contributed by atoms with Gasteiger partial charge in [0.25, 0.3) is 5.91 Å². The normalized spacial score (nSPS) is 10.4. The SMILES string of the molecule is O=C(Nc1c(F)cc(F)cc1F)c1cccc(Br)c1F. The molecular formula is C13H6BrF4NO. The standard InChI is InChI=1S/C13H6BrF4NO/c14-8-3-1-2-7(11(8)18)13(20)19-12-9(16)4-6(15)5-10(12)17/h1-5H,(H,19,20). The maximum atomic E-state index is 13.7. The molecule has 0 unspecified atom stereocenters. The van der Waals surface area contributed by atoms with E-state index in [4.69, 9.17) is 0 Å². The molecule has 2 aromatic rings. The molecular weight excluding hydrogens is 342 g/mol. The number of nitrogens with one attached hydrogen (secondary N) is 1. The third-order valence-corrected chi connectivity index (χ3v) is 3.05. The Morgan fingerprint density at radius 1 is 1.05 bits per heavy atom. The van der Waals surface area contributed by atoms with Crippen molar-refractivity contribution in [2.75, 3.05) is 5.32 Å². The van der Waals surface area contributed by atoms with Gasteiger partial charge in [-0.2, -0.15) is 0 Å². The molecule has 0 fully saturated rings. The molecule has 2 nitrogen and oxygen atoms in total. The number of carbonyl (C=O) groups is 1. The van der Waals surface area contributed by atoms with E-state index in [0.29, 0.717) is 12.1 Å². The van der Waals surface area contributed by atoms with Crippen molar-refractivity contribution in [3.63, 3.8) is 0 Å². The van der Waals surface area contributed by atoms with Gasteiger partial charge in [0, 0.05) is 12.1 Å². The summed E-state index contributed by atoms with van der Waals surface area (Å²) in [5.74, 6) is -5.61. The van der Waals surface area contributed by atoms with Gasteiger partial charge in [0.05, 0.1) is 10.0 Å². The van der Waals surface area contributed by atoms with Gasteiger partial charge in [0.1, 0.15) is 17.3 Å². The summed E-state index contributed by atoms with van der Waals surface area (Å²) < 4.78 is 53.2. The lowest BCUT2D eigenvalue weighted by Gasteiger charge is -2.09. The molecule has 7 heteroatoms. The van der Waals surface area contributed by atoms with E-state index in [2.05, 4.69) is 15.9 Å². The van der Waals surface area contributed by atoms with E-state index in [9.17, 15) is 22.4 Å². The Kier molecular flexibility index (Phi) is 4.08. The van der Waals surface area contributed by atoms with E-state index in [0.717, 1.165) is 6.07 Å². The average Bonchev–Trinajstić information content (AvgIpc) is 2.36. The largest absolute Gasteiger partial charge is 0.317 e. The predicted molar refractivity (Wildman–Crippen MR) is 68.4 cm³/mol. The summed E-state index contributed by atoms with van der Waals surface area (Å²) in [7, 11) is 0. The lowest BCUT2D eigenvalue weighted by Crippen LogP contribution is -2.16. The van der Waals surface area contributed by atoms with Gasteiger partial charge in [-0.15, -0.1) is 0 Å². The summed E-state index contributed by atoms with van der Waals surface area (Å²) in [5, 5.41) is 1.87. The van der Waals surface area contributed by atoms with Gasteiger partial charge in [0.2, 0.25) is 0 Å². The van der Waals surface area contributed by atoms with E-state index in [1.807, 2.05) is 5.32 Å². The summed E-state index contributed by atoms with van der Waals surface area (Å²) in [6.45, 7) is 0. The van der Waals surface area contributed by atoms with Crippen LogP contribution < -0.4 is 5.32 Å². The van der Waals surface area contributed by atoms with Crippen molar-refractivity contribution in [2.24, 2.45) is 0 Å². The third kappa shape index (κ3) is 2.82. The molecule has 0 saturated carbocycles. The van der Waals surface area contributed by atoms with Gasteiger partial charge in [-0.3, -0.25) is 4.79 Å². The molecule has 0 radical (unpaired) electrons. The Morgan fingerprint density at radius 2 is 1.65 bits per heavy atom. The van der Waals surface area contributed by atoms with Crippen LogP contribution in [0.2, 0.25) is 0 Å². The first-order valence-corrected chi connectivity index (χ1v) is 6.09. The van der Waals surface area contributed by atoms with Crippen LogP contribution in [0, 0.1) is 23.3 Å². The monoisotopic (exact) mass is 347 g/mol. The highest BCUT2D eigenvalue weighted by Gasteiger charge is 2.18. The topological polar surface area (TPSA) is 29.1 Å². The number of hydrogen-bond acceptors (Lipinski definition) is 1. The van der Waals surface area contributed by atoms with Crippen LogP contribution in [0.25, 0.3) is 0 Å². The minimum atomic E-state index is -1.29. The fourth-order valence-corrected chi connectivity index (χ4v) is 1.89. The zero-order valence-corrected chi connectivity index (χ0v) is 11.3. The molecule has 0 heterocycles. The molecule has 1 amide bonds. The summed E-state index contributed by atoms with van der Waals surface area (Å²) in [4.78, 5) is 11.8. The first-order chi connectivity index (χ1) is 9.40. The lowest BCUT2D eigenvalue weighted by molar-refractivity contribution is 0.102. The number of benzene rings is 2. The van der Waals surface area contributed by atoms with Crippen molar-refractivity contribution in [1.29, 1.82) is 0 Å². The quantitative estimate of drug-likeness (QED) is 0.808. The number of rotatable bonds is 2. The van der Waals surface area contributed by atoms with Crippen LogP contribution in [0.4, 0.5) is 23.2 Å². The van der Waals surface area contributed by atoms with Gasteiger partial charge < -0.3 is 5.32 Å². The van der Waals surface area contributed by atoms with E-state index in [1.165, 1.54) is 12.1 Å². The van der Waals surface area contributed by atoms with Crippen molar-refractivity contribution >= 4 is 27.5 Å². The first kappa shape index (κ1) is 14.5. The van der Waals surface area contributed by atoms with Crippen molar-refractivity contribution in [3.05, 3.63) is 63.6 Å². The highest BCUT2D eigenvalue weighted by Crippen LogP contribution is 2.23. The van der Waals surface area contributed by atoms with Gasteiger partial charge in [-0.1, -0.05) is 6.07 Å². The Bertz CT molecular complexity index is 667. The van der Waals surface area contributed by atoms with Crippen molar-refractivity contribution in [3.8, 4) is 0 Å². The molecule has 0 atom stereocenters. The van der Waals surface area contributed by atoms with Gasteiger partial charge in [-0.25, -0.2) is 17.6 Å². The molecule has 2 rings (SSSR count). The molecule has 0 aromatic heterocycles. The zero-order valence-electron chi connectivity index (χ0n) is 9.68. The minimum Gasteiger partial charge on any atom is -0.317 e. The van der Waals surface area contributed by atoms with Crippen molar-refractivity contribution in [2.45, 2.75) is 0 Å². The van der Waals surface area contributed by atoms with Gasteiger partial charge in [-0.05, 0) is 28.1 Å². The van der Waals surface area contributed by atoms with Crippen molar-refractivity contribution < 1.29 is 22.4 Å². The molecule has 20 heavy (non-hydrogen) atoms. The molecule has 0 spiro atoms. The predicted octanol–water partition coefficient (Wildman–Crippen LogP) is 4.26. The van der Waals surface area contributed by atoms with Crippen LogP contribution in [-0.2, 0) is 0 Å². The fraction of sp³-hybridized carbons (Fsp3) is 0. The molecule has 0 saturated heterocycles. The second-order valence-electron chi connectivity index (χ2n) is 3.80. The molecule has 2 aromatic carbocycles. The molecule has 104 valence electrons. The summed E-state index contributed by atoms with van der Waals surface area (Å²) in [6, 6.07) is 4.73. The summed E-state index contributed by atoms with van der Waals surface area (Å²) >= 11 is 2.89. The van der Waals surface area contributed by atoms with E-state index >= 15 is 0 Å². The van der Waals surface area contributed by atoms with Crippen LogP contribution in [0.1, 0.15) is 10.4 Å². The fourth-order valence-electron chi connectivity index (χ4n) is 1.52. The highest BCUT2D eigenvalue weighted by atomic mass is 79.9. The van der Waals surface area contributed by atoms with Crippen LogP contribution in [0.5, 0.6) is 0 Å². The van der Waals surface area contributed by atoms with E-state index < -0.39 is 40.4 Å². The first-order valence-electron chi connectivity index (χ1n) is 5.30. The maximum Gasteiger partial charge on any atom is 0.258 e. The number of amides is 1. The Labute approximate surface area is 119 Å². The number of carbonyl (C=O) groups excluding carboxylic acids is 1. The maximum absolute atomic E-state index is 13.7. The van der Waals surface area contributed by atoms with E-state index in [1.54, 1.807) is 0 Å². The van der Waals surface area contributed by atoms with Gasteiger partial charge >= 0.3 is 0 Å². The highest BCUT2D eigenvalue weighted by molar-refractivity contribution is 9.10. The molecule has 0 aliphatic carbocycles. The van der Waals surface area contributed by atoms with Crippen LogP contribution in [0.15, 0.2) is 34.8 Å². The van der Waals surface area contributed by atoms with E-state index in [-0.39, 0.29) is 4.47 Å². The number of hydrogen-bond donors (Lipinski definition) is 1. The Balaban J connectivity index is 2.36. The third-order valence-electron chi connectivity index (χ3n) is 2.44. The lowest BCUT2D eigenvalue weighted by atomic mass is 10.2. The van der Waals surface area contributed by atoms with Crippen LogP contribution in [0.3, 0.4) is 0 Å². The molecule has 0 aliphatic rings.